The van der Waals surface area contributed by atoms with Crippen LogP contribution < -0.4 is 25.7 Å². The number of fused-ring (bicyclic) bond motifs is 3. The number of sulfonamides is 1. The average Bonchev–Trinajstić information content (AvgIpc) is 4.17. The van der Waals surface area contributed by atoms with Crippen LogP contribution in [0.5, 0.6) is 5.75 Å². The van der Waals surface area contributed by atoms with Gasteiger partial charge in [-0.2, -0.15) is 0 Å². The minimum Gasteiger partial charge on any atom is -0.488 e. The third kappa shape index (κ3) is 12.5. The summed E-state index contributed by atoms with van der Waals surface area (Å²) in [6, 6.07) is 5.60. The smallest absolute Gasteiger partial charge is 0.410 e. The van der Waals surface area contributed by atoms with Crippen LogP contribution in [0.3, 0.4) is 0 Å². The van der Waals surface area contributed by atoms with Crippen molar-refractivity contribution in [2.75, 3.05) is 32.8 Å². The number of hydrogen-bond acceptors (Lipinski definition) is 12. The number of para-hydroxylation sites is 1. The third-order valence-corrected chi connectivity index (χ3v) is 18.6. The van der Waals surface area contributed by atoms with Gasteiger partial charge in [-0.05, 0) is 125 Å². The zero-order valence-corrected chi connectivity index (χ0v) is 45.4. The first-order valence-corrected chi connectivity index (χ1v) is 27.7. The number of rotatable bonds is 18. The molecule has 0 radical (unpaired) electrons. The predicted octanol–water partition coefficient (Wildman–Crippen LogP) is 6.48. The molecular weight excluding hydrogens is 1050 g/mol. The molecule has 5 amide bonds. The number of amides is 5. The van der Waals surface area contributed by atoms with Gasteiger partial charge in [0, 0.05) is 42.8 Å². The Balaban J connectivity index is 0.908. The predicted molar refractivity (Wildman–Crippen MR) is 275 cm³/mol. The summed E-state index contributed by atoms with van der Waals surface area (Å²) in [5.41, 5.74) is -0.306. The van der Waals surface area contributed by atoms with Gasteiger partial charge in [0.25, 0.3) is 11.5 Å². The van der Waals surface area contributed by atoms with Gasteiger partial charge >= 0.3 is 12.2 Å². The van der Waals surface area contributed by atoms with Gasteiger partial charge < -0.3 is 44.4 Å². The molecule has 3 aliphatic heterocycles. The van der Waals surface area contributed by atoms with Crippen molar-refractivity contribution in [3.63, 3.8) is 0 Å². The van der Waals surface area contributed by atoms with Gasteiger partial charge in [-0.15, -0.1) is 6.58 Å². The second-order valence-electron chi connectivity index (χ2n) is 22.6. The highest BCUT2D eigenvalue weighted by Gasteiger charge is 2.54. The number of alkyl halides is 1. The number of carbonyl (C=O) groups excluding carboxylic acids is 5. The van der Waals surface area contributed by atoms with E-state index in [9.17, 15) is 37.2 Å². The molecule has 5 fully saturated rings. The summed E-state index contributed by atoms with van der Waals surface area (Å²) in [6.45, 7) is 19.9. The van der Waals surface area contributed by atoms with Crippen LogP contribution in [0, 0.1) is 29.1 Å². The normalized spacial score (nSPS) is 25.5. The van der Waals surface area contributed by atoms with Gasteiger partial charge in [-0.1, -0.05) is 58.7 Å². The van der Waals surface area contributed by atoms with E-state index < -0.39 is 71.1 Å². The number of carbonyl (C=O) groups is 5. The van der Waals surface area contributed by atoms with Crippen LogP contribution in [0.2, 0.25) is 0 Å². The first-order chi connectivity index (χ1) is 33.2. The van der Waals surface area contributed by atoms with Gasteiger partial charge in [0.2, 0.25) is 21.8 Å². The van der Waals surface area contributed by atoms with Crippen molar-refractivity contribution in [2.45, 2.75) is 158 Å². The molecule has 1 aromatic heterocycles. The van der Waals surface area contributed by atoms with Crippen molar-refractivity contribution in [1.29, 1.82) is 0 Å². The van der Waals surface area contributed by atoms with Crippen molar-refractivity contribution in [2.24, 2.45) is 29.1 Å². The van der Waals surface area contributed by atoms with Gasteiger partial charge in [0.1, 0.15) is 35.6 Å². The molecule has 4 heterocycles. The number of aromatic nitrogens is 1. The molecule has 0 spiro atoms. The van der Waals surface area contributed by atoms with E-state index in [0.29, 0.717) is 81.7 Å². The van der Waals surface area contributed by atoms with E-state index in [-0.39, 0.29) is 48.2 Å². The Labute approximate surface area is 431 Å². The molecular formula is C51H73IN6O12S. The van der Waals surface area contributed by atoms with E-state index in [2.05, 4.69) is 26.9 Å². The molecule has 71 heavy (non-hydrogen) atoms. The number of piperidine rings is 1. The molecule has 18 nitrogen and oxygen atoms in total. The number of pyridine rings is 1. The lowest BCUT2D eigenvalue weighted by molar-refractivity contribution is -0.142. The largest absolute Gasteiger partial charge is 0.488 e. The second kappa shape index (κ2) is 21.2. The Hall–Kier alpha value is -4.44. The van der Waals surface area contributed by atoms with Gasteiger partial charge in [0.15, 0.2) is 3.55 Å². The van der Waals surface area contributed by atoms with Crippen molar-refractivity contribution in [1.82, 2.24) is 30.1 Å². The van der Waals surface area contributed by atoms with E-state index in [1.165, 1.54) is 11.0 Å². The Morgan fingerprint density at radius 1 is 1.03 bits per heavy atom. The fourth-order valence-corrected chi connectivity index (χ4v) is 12.0. The SMILES string of the molecule is C=CC(C)C(I)(NC(=O)[C@@H]1CCCN1C(=O)[C@@H](NC(=O)OC1C[C@H]1CCCCCc1c(OC2C3COCC2CN(C(=O)OC(C)(C)C)C3)c2ccccc2[nH]c1=O)C(C)(C)C)C(=O)NS(=O)(=O)C1(C)CC1. The standard InChI is InChI=1S/C51H73IN6O12S/c1-10-30(2)51(52,45(62)56-71(65,66)50(9)22-23-50)55-43(60)37-21-16-24-58(37)44(61)41(48(3,4)5)54-46(63)68-38-25-31(38)17-12-11-13-19-35-40(34-18-14-15-20-36(34)53-42(35)59)69-39-32-26-57(27-33(39)29-67-28-32)47(64)70-49(6,7)8/h10,14-15,18,20,30-33,37-39,41H,1,11-13,16-17,19,21-29H2,2-9H3,(H,53,59)(H,54,63)(H,55,60)(H,56,62)/t30?,31-,32?,33?,37+,38?,39?,41-,51?/m1/s1. The number of nitrogens with zero attached hydrogens (tertiary/aromatic N) is 2. The minimum atomic E-state index is -4.01. The van der Waals surface area contributed by atoms with Gasteiger partial charge in [-0.25, -0.2) is 22.7 Å². The quantitative estimate of drug-likeness (QED) is 0.0413. The molecule has 2 aliphatic carbocycles. The highest BCUT2D eigenvalue weighted by atomic mass is 127. The average molecular weight is 1120 g/mol. The molecule has 4 N–H and O–H groups in total. The van der Waals surface area contributed by atoms with Crippen LogP contribution in [-0.2, 0) is 45.0 Å². The molecule has 2 bridgehead atoms. The molecule has 5 aliphatic rings. The number of nitrogens with one attached hydrogen (secondary N) is 4. The summed E-state index contributed by atoms with van der Waals surface area (Å²) in [4.78, 5) is 88.2. The van der Waals surface area contributed by atoms with Crippen molar-refractivity contribution in [3.8, 4) is 5.75 Å². The van der Waals surface area contributed by atoms with Crippen LogP contribution in [0.4, 0.5) is 9.59 Å². The third-order valence-electron chi connectivity index (χ3n) is 14.7. The van der Waals surface area contributed by atoms with E-state index in [1.54, 1.807) is 41.3 Å². The number of benzene rings is 1. The first-order valence-electron chi connectivity index (χ1n) is 25.1. The highest BCUT2D eigenvalue weighted by molar-refractivity contribution is 14.1. The van der Waals surface area contributed by atoms with Gasteiger partial charge in [0.05, 0.1) is 29.0 Å². The molecule has 2 aromatic rings. The molecule has 8 atom stereocenters. The monoisotopic (exact) mass is 1120 g/mol. The summed E-state index contributed by atoms with van der Waals surface area (Å²) < 4.78 is 49.7. The highest BCUT2D eigenvalue weighted by Crippen LogP contribution is 2.43. The molecule has 2 saturated carbocycles. The topological polar surface area (TPSA) is 232 Å². The Kier molecular flexibility index (Phi) is 16.2. The summed E-state index contributed by atoms with van der Waals surface area (Å²) in [6.07, 6.45) is 5.85. The lowest BCUT2D eigenvalue weighted by Gasteiger charge is -2.46. The van der Waals surface area contributed by atoms with Crippen molar-refractivity contribution in [3.05, 3.63) is 52.8 Å². The summed E-state index contributed by atoms with van der Waals surface area (Å²) in [5.74, 6) is -2.16. The Bertz CT molecular complexity index is 2520. The summed E-state index contributed by atoms with van der Waals surface area (Å²) >= 11 is 1.75. The van der Waals surface area contributed by atoms with Crippen molar-refractivity contribution < 1.29 is 51.3 Å². The second-order valence-corrected chi connectivity index (χ2v) is 26.5. The Morgan fingerprint density at radius 3 is 2.34 bits per heavy atom. The fraction of sp³-hybridized carbons (Fsp3) is 0.686. The summed E-state index contributed by atoms with van der Waals surface area (Å²) in [7, 11) is -4.01. The molecule has 20 heteroatoms. The van der Waals surface area contributed by atoms with E-state index in [0.717, 1.165) is 31.1 Å². The Morgan fingerprint density at radius 2 is 1.70 bits per heavy atom. The maximum absolute atomic E-state index is 14.3. The number of aromatic amines is 1. The lowest BCUT2D eigenvalue weighted by Crippen LogP contribution is -2.63. The maximum atomic E-state index is 14.3. The van der Waals surface area contributed by atoms with E-state index in [4.69, 9.17) is 18.9 Å². The molecule has 392 valence electrons. The molecule has 1 aromatic carbocycles. The minimum absolute atomic E-state index is 0.101. The molecule has 3 saturated heterocycles. The maximum Gasteiger partial charge on any atom is 0.410 e. The lowest BCUT2D eigenvalue weighted by atomic mass is 9.84. The number of alkyl carbamates (subject to hydrolysis) is 1. The number of unbranched alkanes of at least 4 members (excludes halogenated alkanes) is 2. The number of hydrogen-bond donors (Lipinski definition) is 4. The van der Waals surface area contributed by atoms with Crippen LogP contribution in [0.25, 0.3) is 10.9 Å². The van der Waals surface area contributed by atoms with Gasteiger partial charge in [-0.3, -0.25) is 19.2 Å². The molecule has 7 rings (SSSR count). The van der Waals surface area contributed by atoms with Crippen LogP contribution in [-0.4, -0.2) is 124 Å². The van der Waals surface area contributed by atoms with Crippen LogP contribution >= 0.6 is 22.6 Å². The fourth-order valence-electron chi connectivity index (χ4n) is 9.85. The zero-order valence-electron chi connectivity index (χ0n) is 42.4. The number of ether oxygens (including phenoxy) is 4. The zero-order chi connectivity index (χ0) is 51.8. The van der Waals surface area contributed by atoms with Crippen molar-refractivity contribution >= 4 is 73.4 Å². The number of H-pyrrole nitrogens is 1. The van der Waals surface area contributed by atoms with Crippen LogP contribution in [0.1, 0.15) is 119 Å². The number of halogens is 1. The van der Waals surface area contributed by atoms with E-state index >= 15 is 0 Å². The first kappa shape index (κ1) is 54.3. The van der Waals surface area contributed by atoms with E-state index in [1.807, 2.05) is 65.8 Å². The number of likely N-dealkylation sites (tertiary alicyclic amines) is 2. The van der Waals surface area contributed by atoms with Crippen LogP contribution in [0.15, 0.2) is 41.7 Å². The summed E-state index contributed by atoms with van der Waals surface area (Å²) in [5, 5.41) is 6.37. The molecule has 5 unspecified atom stereocenters.